The summed E-state index contributed by atoms with van der Waals surface area (Å²) >= 11 is 0. The van der Waals surface area contributed by atoms with E-state index in [9.17, 15) is 5.11 Å². The number of hydrogen-bond donors (Lipinski definition) is 1. The van der Waals surface area contributed by atoms with Crippen molar-refractivity contribution in [3.63, 3.8) is 0 Å². The van der Waals surface area contributed by atoms with Crippen LogP contribution in [0.25, 0.3) is 65.7 Å². The molecular formula is C48H29BO3. The second-order valence-corrected chi connectivity index (χ2v) is 13.8. The van der Waals surface area contributed by atoms with Gasteiger partial charge in [0.1, 0.15) is 28.7 Å². The Morgan fingerprint density at radius 3 is 1.35 bits per heavy atom. The first-order chi connectivity index (χ1) is 25.7. The van der Waals surface area contributed by atoms with Crippen molar-refractivity contribution in [2.75, 3.05) is 0 Å². The van der Waals surface area contributed by atoms with E-state index in [1.54, 1.807) is 0 Å². The molecule has 3 nitrogen and oxygen atoms in total. The zero-order chi connectivity index (χ0) is 34.3. The molecule has 9 aromatic rings. The Morgan fingerprint density at radius 1 is 0.327 bits per heavy atom. The Labute approximate surface area is 301 Å². The summed E-state index contributed by atoms with van der Waals surface area (Å²) in [6, 6.07) is 59.1. The fourth-order valence-electron chi connectivity index (χ4n) is 8.47. The molecule has 0 unspecified atom stereocenters. The number of rotatable bonds is 3. The maximum Gasteiger partial charge on any atom is 0.260 e. The summed E-state index contributed by atoms with van der Waals surface area (Å²) in [6.45, 7) is 0.0396. The maximum atomic E-state index is 11.1. The van der Waals surface area contributed by atoms with Crippen molar-refractivity contribution in [2.24, 2.45) is 0 Å². The van der Waals surface area contributed by atoms with Gasteiger partial charge in [-0.25, -0.2) is 0 Å². The zero-order valence-electron chi connectivity index (χ0n) is 28.0. The lowest BCUT2D eigenvalue weighted by molar-refractivity contribution is 0.465. The molecule has 0 radical (unpaired) electrons. The molecule has 0 fully saturated rings. The van der Waals surface area contributed by atoms with Crippen molar-refractivity contribution >= 4 is 55.4 Å². The molecule has 2 aliphatic heterocycles. The molecule has 11 rings (SSSR count). The minimum atomic E-state index is 0.0396. The number of aromatic hydroxyl groups is 1. The zero-order valence-corrected chi connectivity index (χ0v) is 28.0. The number of para-hydroxylation sites is 2. The van der Waals surface area contributed by atoms with Crippen LogP contribution < -0.4 is 25.9 Å². The van der Waals surface area contributed by atoms with E-state index in [0.717, 1.165) is 72.8 Å². The van der Waals surface area contributed by atoms with Crippen molar-refractivity contribution in [1.29, 1.82) is 0 Å². The number of hydrogen-bond acceptors (Lipinski definition) is 3. The molecule has 0 atom stereocenters. The first-order valence-corrected chi connectivity index (χ1v) is 17.7. The number of phenols is 1. The van der Waals surface area contributed by atoms with Crippen molar-refractivity contribution in [3.8, 4) is 62.1 Å². The summed E-state index contributed by atoms with van der Waals surface area (Å²) < 4.78 is 13.1. The van der Waals surface area contributed by atoms with Crippen LogP contribution in [0.3, 0.4) is 0 Å². The van der Waals surface area contributed by atoms with Gasteiger partial charge in [0.25, 0.3) is 6.71 Å². The summed E-state index contributed by atoms with van der Waals surface area (Å²) in [5.41, 5.74) is 9.36. The van der Waals surface area contributed by atoms with E-state index in [1.165, 1.54) is 32.3 Å². The molecule has 0 saturated carbocycles. The van der Waals surface area contributed by atoms with E-state index in [4.69, 9.17) is 9.47 Å². The third-order valence-electron chi connectivity index (χ3n) is 10.8. The van der Waals surface area contributed by atoms with Crippen LogP contribution in [0.15, 0.2) is 170 Å². The lowest BCUT2D eigenvalue weighted by Crippen LogP contribution is -2.57. The predicted molar refractivity (Wildman–Crippen MR) is 215 cm³/mol. The minimum Gasteiger partial charge on any atom is -0.508 e. The van der Waals surface area contributed by atoms with Gasteiger partial charge in [-0.15, -0.1) is 0 Å². The molecule has 4 heteroatoms. The second kappa shape index (κ2) is 11.1. The molecule has 0 saturated heterocycles. The molecule has 1 N–H and O–H groups in total. The van der Waals surface area contributed by atoms with Gasteiger partial charge in [-0.05, 0) is 131 Å². The van der Waals surface area contributed by atoms with E-state index in [1.807, 2.05) is 36.4 Å². The lowest BCUT2D eigenvalue weighted by atomic mass is 9.35. The molecule has 0 bridgehead atoms. The van der Waals surface area contributed by atoms with Gasteiger partial charge in [0.15, 0.2) is 0 Å². The Bertz CT molecular complexity index is 2840. The molecular weight excluding hydrogens is 635 g/mol. The quantitative estimate of drug-likeness (QED) is 0.151. The van der Waals surface area contributed by atoms with Gasteiger partial charge in [-0.1, -0.05) is 115 Å². The smallest absolute Gasteiger partial charge is 0.260 e. The van der Waals surface area contributed by atoms with Gasteiger partial charge < -0.3 is 14.6 Å². The number of phenolic OH excluding ortho intramolecular Hbond substituents is 1. The Hall–Kier alpha value is -6.78. The molecule has 0 aliphatic carbocycles. The normalized spacial score (nSPS) is 12.6. The highest BCUT2D eigenvalue weighted by Gasteiger charge is 2.40. The van der Waals surface area contributed by atoms with Crippen molar-refractivity contribution < 1.29 is 14.6 Å². The lowest BCUT2D eigenvalue weighted by Gasteiger charge is -2.33. The highest BCUT2D eigenvalue weighted by Crippen LogP contribution is 2.41. The largest absolute Gasteiger partial charge is 0.508 e. The van der Waals surface area contributed by atoms with Crippen LogP contribution in [0.4, 0.5) is 0 Å². The van der Waals surface area contributed by atoms with Gasteiger partial charge in [0.2, 0.25) is 0 Å². The van der Waals surface area contributed by atoms with Crippen molar-refractivity contribution in [1.82, 2.24) is 0 Å². The van der Waals surface area contributed by atoms with E-state index in [-0.39, 0.29) is 12.5 Å². The molecule has 0 amide bonds. The third-order valence-corrected chi connectivity index (χ3v) is 10.8. The number of ether oxygens (including phenoxy) is 2. The summed E-state index contributed by atoms with van der Waals surface area (Å²) in [7, 11) is 0. The molecule has 242 valence electrons. The molecule has 0 spiro atoms. The van der Waals surface area contributed by atoms with Gasteiger partial charge in [-0.3, -0.25) is 0 Å². The standard InChI is InChI=1S/C48H29BO3/c50-35-24-32(23-33(25-35)31-20-21-40-38-14-2-1-12-36(38)37-13-3-4-15-39(37)41(40)26-31)29-10-9-11-30(22-29)34-27-46-48-47(28-34)52-45-19-8-6-17-43(45)49(48)42-16-5-7-18-44(42)51-46/h1-28,50H. The summed E-state index contributed by atoms with van der Waals surface area (Å²) in [5, 5.41) is 18.5. The third kappa shape index (κ3) is 4.41. The van der Waals surface area contributed by atoms with Crippen molar-refractivity contribution in [2.45, 2.75) is 0 Å². The highest BCUT2D eigenvalue weighted by atomic mass is 16.5. The summed E-state index contributed by atoms with van der Waals surface area (Å²) in [6.07, 6.45) is 0. The van der Waals surface area contributed by atoms with Crippen LogP contribution in [0.1, 0.15) is 0 Å². The van der Waals surface area contributed by atoms with Gasteiger partial charge in [0, 0.05) is 5.46 Å². The van der Waals surface area contributed by atoms with Crippen LogP contribution >= 0.6 is 0 Å². The van der Waals surface area contributed by atoms with Crippen LogP contribution in [0.2, 0.25) is 0 Å². The SMILES string of the molecule is Oc1cc(-c2cccc(-c3cc4c5c(c3)Oc3ccccc3B5c3ccccc3O4)c2)cc(-c2ccc3c4ccccc4c4ccccc4c3c2)c1. The van der Waals surface area contributed by atoms with E-state index < -0.39 is 0 Å². The average molecular weight is 665 g/mol. The molecule has 52 heavy (non-hydrogen) atoms. The topological polar surface area (TPSA) is 38.7 Å². The molecule has 0 aromatic heterocycles. The summed E-state index contributed by atoms with van der Waals surface area (Å²) in [5.74, 6) is 3.59. The fourth-order valence-corrected chi connectivity index (χ4v) is 8.47. The van der Waals surface area contributed by atoms with Gasteiger partial charge >= 0.3 is 0 Å². The van der Waals surface area contributed by atoms with Crippen LogP contribution in [-0.4, -0.2) is 11.8 Å². The van der Waals surface area contributed by atoms with E-state index in [0.29, 0.717) is 0 Å². The Morgan fingerprint density at radius 2 is 0.769 bits per heavy atom. The van der Waals surface area contributed by atoms with Crippen molar-refractivity contribution in [3.05, 3.63) is 170 Å². The van der Waals surface area contributed by atoms with Crippen LogP contribution in [0, 0.1) is 0 Å². The van der Waals surface area contributed by atoms with E-state index in [2.05, 4.69) is 133 Å². The molecule has 2 heterocycles. The number of fused-ring (bicyclic) bond motifs is 10. The van der Waals surface area contributed by atoms with Crippen LogP contribution in [0.5, 0.6) is 28.7 Å². The minimum absolute atomic E-state index is 0.0396. The first kappa shape index (κ1) is 29.0. The molecule has 9 aromatic carbocycles. The van der Waals surface area contributed by atoms with E-state index >= 15 is 0 Å². The average Bonchev–Trinajstić information content (AvgIpc) is 3.20. The first-order valence-electron chi connectivity index (χ1n) is 17.7. The Balaban J connectivity index is 1.02. The second-order valence-electron chi connectivity index (χ2n) is 13.8. The predicted octanol–water partition coefficient (Wildman–Crippen LogP) is 10.6. The number of benzene rings is 9. The van der Waals surface area contributed by atoms with Gasteiger partial charge in [0.05, 0.1) is 0 Å². The highest BCUT2D eigenvalue weighted by molar-refractivity contribution is 6.98. The summed E-state index contributed by atoms with van der Waals surface area (Å²) in [4.78, 5) is 0. The maximum absolute atomic E-state index is 11.1. The Kier molecular flexibility index (Phi) is 6.20. The molecule has 2 aliphatic rings. The van der Waals surface area contributed by atoms with Gasteiger partial charge in [-0.2, -0.15) is 0 Å². The fraction of sp³-hybridized carbons (Fsp3) is 0. The van der Waals surface area contributed by atoms with Crippen LogP contribution in [-0.2, 0) is 0 Å². The monoisotopic (exact) mass is 664 g/mol.